The van der Waals surface area contributed by atoms with Gasteiger partial charge < -0.3 is 29.4 Å². The van der Waals surface area contributed by atoms with E-state index in [1.165, 1.54) is 251 Å². The Morgan fingerprint density at radius 1 is 0.200 bits per heavy atom. The molecule has 0 heterocycles. The lowest BCUT2D eigenvalue weighted by atomic mass is 9.95. The van der Waals surface area contributed by atoms with Gasteiger partial charge in [0.1, 0.15) is 0 Å². The van der Waals surface area contributed by atoms with E-state index in [2.05, 4.69) is 262 Å². The Hall–Kier alpha value is -4.84. The number of nitrogens with zero attached hydrogens (tertiary/aromatic N) is 6. The fraction of sp³-hybridized carbons (Fsp3) is 0.702. The fourth-order valence-electron chi connectivity index (χ4n) is 16.2. The zero-order valence-corrected chi connectivity index (χ0v) is 68.3. The molecule has 0 saturated carbocycles. The van der Waals surface area contributed by atoms with Gasteiger partial charge in [-0.15, -0.1) is 0 Å². The predicted molar refractivity (Wildman–Crippen MR) is 451 cm³/mol. The van der Waals surface area contributed by atoms with Gasteiger partial charge in [0.25, 0.3) is 0 Å². The maximum Gasteiger partial charge on any atom is 0.0708 e. The predicted octanol–water partition coefficient (Wildman–Crippen LogP) is 28.5. The molecule has 564 valence electrons. The van der Waals surface area contributed by atoms with Crippen LogP contribution in [0.4, 0.5) is 45.5 Å². The van der Waals surface area contributed by atoms with Gasteiger partial charge in [-0.25, -0.2) is 0 Å². The van der Waals surface area contributed by atoms with Crippen molar-refractivity contribution in [3.63, 3.8) is 0 Å². The molecule has 4 aromatic carbocycles. The molecule has 0 radical (unpaired) electrons. The Balaban J connectivity index is 1.69. The maximum atomic E-state index is 2.79. The molecule has 1 aliphatic carbocycles. The summed E-state index contributed by atoms with van der Waals surface area (Å²) in [5, 5.41) is 0. The Kier molecular flexibility index (Phi) is 43.4. The van der Waals surface area contributed by atoms with Crippen LogP contribution in [-0.2, 0) is 0 Å². The second kappa shape index (κ2) is 50.5. The maximum absolute atomic E-state index is 2.79. The standard InChI is InChI=1S/C94H158N6/c1-17-33-41-77(25-9)69-95(70-78(26-10)42-34-18-2)85-49-57-89(58-50-85)99(90-59-51-86(52-60-90)96(71-79(27-11)43-35-19-3)72-80(28-12)44-36-20-4)93-65-67-94(68-66-93)100(91-61-53-87(54-62-91)97(73-81(29-13)45-37-21-5)74-82(30-14)46-38-22-6)92-63-55-88(56-64-92)98(75-83(31-15)47-39-23-7)76-84(32-16)48-40-24-8/h49-68,77-84,93-94H,17-48,69-76H2,1-16H3. The van der Waals surface area contributed by atoms with Crippen molar-refractivity contribution in [1.29, 1.82) is 0 Å². The highest BCUT2D eigenvalue weighted by Gasteiger charge is 2.28. The summed E-state index contributed by atoms with van der Waals surface area (Å²) in [7, 11) is 0. The number of rotatable bonds is 58. The highest BCUT2D eigenvalue weighted by molar-refractivity contribution is 5.73. The second-order valence-corrected chi connectivity index (χ2v) is 31.5. The summed E-state index contributed by atoms with van der Waals surface area (Å²) in [6, 6.07) is 39.6. The topological polar surface area (TPSA) is 19.4 Å². The average Bonchev–Trinajstić information content (AvgIpc) is 0.791. The van der Waals surface area contributed by atoms with Gasteiger partial charge in [-0.05, 0) is 196 Å². The minimum absolute atomic E-state index is 0.0137. The molecule has 5 rings (SSSR count). The Morgan fingerprint density at radius 3 is 0.450 bits per heavy atom. The van der Waals surface area contributed by atoms with Crippen LogP contribution in [0.5, 0.6) is 0 Å². The second-order valence-electron chi connectivity index (χ2n) is 31.5. The molecule has 0 saturated heterocycles. The van der Waals surface area contributed by atoms with Gasteiger partial charge in [0.2, 0.25) is 0 Å². The summed E-state index contributed by atoms with van der Waals surface area (Å²) in [5.74, 6) is 5.61. The van der Waals surface area contributed by atoms with Gasteiger partial charge >= 0.3 is 0 Å². The van der Waals surface area contributed by atoms with E-state index in [-0.39, 0.29) is 12.1 Å². The van der Waals surface area contributed by atoms with Crippen LogP contribution in [0, 0.1) is 47.3 Å². The zero-order chi connectivity index (χ0) is 72.3. The summed E-state index contributed by atoms with van der Waals surface area (Å²) in [4.78, 5) is 16.5. The molecular weight excluding hydrogens is 1210 g/mol. The molecule has 0 bridgehead atoms. The van der Waals surface area contributed by atoms with Crippen LogP contribution in [0.15, 0.2) is 121 Å². The summed E-state index contributed by atoms with van der Waals surface area (Å²) >= 11 is 0. The lowest BCUT2D eigenvalue weighted by molar-refractivity contribution is 0.403. The average molecular weight is 1370 g/mol. The van der Waals surface area contributed by atoms with Gasteiger partial charge in [0, 0.05) is 97.9 Å². The van der Waals surface area contributed by atoms with Crippen molar-refractivity contribution in [2.75, 3.05) is 81.8 Å². The van der Waals surface area contributed by atoms with E-state index >= 15 is 0 Å². The largest absolute Gasteiger partial charge is 0.371 e. The summed E-state index contributed by atoms with van der Waals surface area (Å²) < 4.78 is 0. The minimum Gasteiger partial charge on any atom is -0.371 e. The minimum atomic E-state index is 0.0137. The fourth-order valence-corrected chi connectivity index (χ4v) is 16.2. The molecule has 100 heavy (non-hydrogen) atoms. The molecule has 0 fully saturated rings. The van der Waals surface area contributed by atoms with Crippen LogP contribution < -0.4 is 29.4 Å². The van der Waals surface area contributed by atoms with E-state index in [0.29, 0.717) is 47.3 Å². The molecule has 4 aromatic rings. The number of anilines is 8. The zero-order valence-electron chi connectivity index (χ0n) is 68.3. The molecule has 0 aromatic heterocycles. The lowest BCUT2D eigenvalue weighted by Crippen LogP contribution is -2.36. The SMILES string of the molecule is CCCCC(CC)CN(CC(CC)CCCC)c1ccc(N(c2ccc(N(CC(CC)CCCC)CC(CC)CCCC)cc2)C2C=CC(N(c3ccc(N(CC(CC)CCCC)CC(CC)CCCC)cc3)c3ccc(N(CC(CC)CCCC)CC(CC)CCCC)cc3)C=C2)cc1. The highest BCUT2D eigenvalue weighted by atomic mass is 15.2. The van der Waals surface area contributed by atoms with Crippen LogP contribution in [0.1, 0.15) is 316 Å². The molecule has 0 amide bonds. The quantitative estimate of drug-likeness (QED) is 0.0408. The van der Waals surface area contributed by atoms with Crippen molar-refractivity contribution in [3.05, 3.63) is 121 Å². The first-order chi connectivity index (χ1) is 48.9. The van der Waals surface area contributed by atoms with Crippen molar-refractivity contribution in [1.82, 2.24) is 0 Å². The Morgan fingerprint density at radius 2 is 0.330 bits per heavy atom. The highest BCUT2D eigenvalue weighted by Crippen LogP contribution is 2.39. The third-order valence-corrected chi connectivity index (χ3v) is 23.8. The summed E-state index contributed by atoms with van der Waals surface area (Å²) in [6.45, 7) is 47.3. The van der Waals surface area contributed by atoms with Gasteiger partial charge in [0.15, 0.2) is 0 Å². The summed E-state index contributed by atoms with van der Waals surface area (Å²) in [6.07, 6.45) is 51.1. The first kappa shape index (κ1) is 85.8. The van der Waals surface area contributed by atoms with Gasteiger partial charge in [-0.2, -0.15) is 0 Å². The van der Waals surface area contributed by atoms with Crippen LogP contribution >= 0.6 is 0 Å². The first-order valence-electron chi connectivity index (χ1n) is 43.2. The van der Waals surface area contributed by atoms with Crippen LogP contribution in [-0.4, -0.2) is 64.4 Å². The van der Waals surface area contributed by atoms with Crippen LogP contribution in [0.25, 0.3) is 0 Å². The van der Waals surface area contributed by atoms with E-state index in [9.17, 15) is 0 Å². The van der Waals surface area contributed by atoms with Crippen molar-refractivity contribution in [3.8, 4) is 0 Å². The number of benzene rings is 4. The van der Waals surface area contributed by atoms with Crippen molar-refractivity contribution < 1.29 is 0 Å². The van der Waals surface area contributed by atoms with E-state index < -0.39 is 0 Å². The smallest absolute Gasteiger partial charge is 0.0708 e. The number of hydrogen-bond acceptors (Lipinski definition) is 6. The van der Waals surface area contributed by atoms with Crippen molar-refractivity contribution in [2.24, 2.45) is 47.3 Å². The molecule has 6 heteroatoms. The Bertz CT molecular complexity index is 2240. The van der Waals surface area contributed by atoms with E-state index in [1.807, 2.05) is 0 Å². The molecule has 0 aliphatic heterocycles. The van der Waals surface area contributed by atoms with Gasteiger partial charge in [-0.3, -0.25) is 0 Å². The first-order valence-corrected chi connectivity index (χ1v) is 43.2. The van der Waals surface area contributed by atoms with Gasteiger partial charge in [-0.1, -0.05) is 289 Å². The van der Waals surface area contributed by atoms with Crippen LogP contribution in [0.3, 0.4) is 0 Å². The van der Waals surface area contributed by atoms with Crippen molar-refractivity contribution >= 4 is 45.5 Å². The van der Waals surface area contributed by atoms with E-state index in [4.69, 9.17) is 0 Å². The molecule has 8 atom stereocenters. The molecular formula is C94H158N6. The molecule has 1 aliphatic rings. The number of unbranched alkanes of at least 4 members (excludes halogenated alkanes) is 8. The molecule has 0 N–H and O–H groups in total. The van der Waals surface area contributed by atoms with Crippen LogP contribution in [0.2, 0.25) is 0 Å². The van der Waals surface area contributed by atoms with Crippen molar-refractivity contribution in [2.45, 2.75) is 328 Å². The van der Waals surface area contributed by atoms with Gasteiger partial charge in [0.05, 0.1) is 12.1 Å². The molecule has 8 unspecified atom stereocenters. The lowest BCUT2D eigenvalue weighted by Gasteiger charge is -2.37. The summed E-state index contributed by atoms with van der Waals surface area (Å²) in [5.41, 5.74) is 10.5. The van der Waals surface area contributed by atoms with E-state index in [0.717, 1.165) is 52.4 Å². The third kappa shape index (κ3) is 29.0. The normalized spacial score (nSPS) is 16.2. The third-order valence-electron chi connectivity index (χ3n) is 23.8. The molecule has 6 nitrogen and oxygen atoms in total. The molecule has 0 spiro atoms. The Labute approximate surface area is 620 Å². The monoisotopic (exact) mass is 1370 g/mol. The number of hydrogen-bond donors (Lipinski definition) is 0. The van der Waals surface area contributed by atoms with E-state index in [1.54, 1.807) is 0 Å².